The molecule has 86 valence electrons. The van der Waals surface area contributed by atoms with Crippen LogP contribution in [0, 0.1) is 0 Å². The van der Waals surface area contributed by atoms with Crippen LogP contribution in [-0.4, -0.2) is 9.78 Å². The Labute approximate surface area is 95.5 Å². The van der Waals surface area contributed by atoms with Gasteiger partial charge in [0.25, 0.3) is 0 Å². The van der Waals surface area contributed by atoms with E-state index in [2.05, 4.69) is 32.8 Å². The Morgan fingerprint density at radius 1 is 1.25 bits per heavy atom. The Morgan fingerprint density at radius 3 is 2.56 bits per heavy atom. The Bertz CT molecular complexity index is 468. The minimum Gasteiger partial charge on any atom is -0.300 e. The fraction of sp³-hybridized carbons (Fsp3) is 0.500. The van der Waals surface area contributed by atoms with E-state index in [1.165, 1.54) is 0 Å². The molecule has 0 aromatic carbocycles. The third-order valence-electron chi connectivity index (χ3n) is 2.51. The molecule has 4 nitrogen and oxygen atoms in total. The molecule has 0 bridgehead atoms. The molecular formula is C12H18N3O+. The van der Waals surface area contributed by atoms with Gasteiger partial charge in [-0.2, -0.15) is 0 Å². The maximum atomic E-state index is 5.74. The number of rotatable bonds is 3. The fourth-order valence-electron chi connectivity index (χ4n) is 1.62. The molecule has 2 rings (SSSR count). The van der Waals surface area contributed by atoms with E-state index in [9.17, 15) is 0 Å². The molecule has 0 atom stereocenters. The maximum Gasteiger partial charge on any atom is 0.343 e. The Hall–Kier alpha value is -1.58. The molecule has 0 N–H and O–H groups in total. The number of nitrogens with zero attached hydrogens (tertiary/aromatic N) is 3. The third kappa shape index (κ3) is 1.87. The van der Waals surface area contributed by atoms with Gasteiger partial charge in [0.2, 0.25) is 0 Å². The van der Waals surface area contributed by atoms with Crippen LogP contribution in [0.3, 0.4) is 0 Å². The summed E-state index contributed by atoms with van der Waals surface area (Å²) >= 11 is 0. The zero-order chi connectivity index (χ0) is 11.7. The van der Waals surface area contributed by atoms with Gasteiger partial charge in [0.1, 0.15) is 12.2 Å². The molecule has 0 fully saturated rings. The quantitative estimate of drug-likeness (QED) is 0.745. The van der Waals surface area contributed by atoms with Gasteiger partial charge in [0, 0.05) is 12.0 Å². The molecule has 0 amide bonds. The molecule has 0 aliphatic carbocycles. The van der Waals surface area contributed by atoms with E-state index in [0.29, 0.717) is 12.0 Å². The van der Waals surface area contributed by atoms with Crippen molar-refractivity contribution in [1.29, 1.82) is 0 Å². The molecule has 0 aliphatic rings. The summed E-state index contributed by atoms with van der Waals surface area (Å²) in [5, 5.41) is 4.28. The van der Waals surface area contributed by atoms with Gasteiger partial charge in [-0.1, -0.05) is 18.9 Å². The van der Waals surface area contributed by atoms with Crippen LogP contribution in [0.25, 0.3) is 5.82 Å². The van der Waals surface area contributed by atoms with E-state index < -0.39 is 0 Å². The highest BCUT2D eigenvalue weighted by Gasteiger charge is 2.20. The molecule has 16 heavy (non-hydrogen) atoms. The highest BCUT2D eigenvalue weighted by molar-refractivity contribution is 5.09. The Morgan fingerprint density at radius 2 is 2.00 bits per heavy atom. The van der Waals surface area contributed by atoms with Crippen molar-refractivity contribution in [3.05, 3.63) is 30.3 Å². The first kappa shape index (κ1) is 10.9. The van der Waals surface area contributed by atoms with Gasteiger partial charge >= 0.3 is 5.82 Å². The fourth-order valence-corrected chi connectivity index (χ4v) is 1.62. The average Bonchev–Trinajstić information content (AvgIpc) is 2.86. The summed E-state index contributed by atoms with van der Waals surface area (Å²) in [5.74, 6) is 2.34. The van der Waals surface area contributed by atoms with Gasteiger partial charge in [-0.25, -0.2) is 0 Å². The van der Waals surface area contributed by atoms with Gasteiger partial charge < -0.3 is 4.52 Å². The first-order chi connectivity index (χ1) is 7.59. The minimum atomic E-state index is 0.324. The second kappa shape index (κ2) is 4.12. The van der Waals surface area contributed by atoms with Gasteiger partial charge in [-0.3, -0.25) is 0 Å². The summed E-state index contributed by atoms with van der Waals surface area (Å²) in [5.41, 5.74) is 0. The van der Waals surface area contributed by atoms with Crippen LogP contribution in [0.1, 0.15) is 45.4 Å². The summed E-state index contributed by atoms with van der Waals surface area (Å²) in [4.78, 5) is 0. The lowest BCUT2D eigenvalue weighted by atomic mass is 10.2. The Balaban J connectivity index is 2.39. The van der Waals surface area contributed by atoms with E-state index in [1.807, 2.05) is 23.0 Å². The van der Waals surface area contributed by atoms with Crippen molar-refractivity contribution in [2.45, 2.75) is 39.7 Å². The van der Waals surface area contributed by atoms with Crippen molar-refractivity contribution >= 4 is 0 Å². The summed E-state index contributed by atoms with van der Waals surface area (Å²) in [6.45, 7) is 8.43. The van der Waals surface area contributed by atoms with Crippen molar-refractivity contribution < 1.29 is 9.26 Å². The van der Waals surface area contributed by atoms with Crippen LogP contribution in [-0.2, 0) is 0 Å². The highest BCUT2D eigenvalue weighted by Crippen LogP contribution is 2.13. The van der Waals surface area contributed by atoms with Crippen molar-refractivity contribution in [2.24, 2.45) is 0 Å². The first-order valence-electron chi connectivity index (χ1n) is 5.65. The average molecular weight is 220 g/mol. The van der Waals surface area contributed by atoms with E-state index in [-0.39, 0.29) is 0 Å². The number of aromatic nitrogens is 3. The minimum absolute atomic E-state index is 0.324. The standard InChI is InChI=1S/C12H18N3O/c1-9(2)11-6-8-14(16-11)12-5-7-13-15(12)10(3)4/h5-10H,1-4H3/q+1. The number of hydrogen-bond acceptors (Lipinski definition) is 2. The van der Waals surface area contributed by atoms with Gasteiger partial charge in [-0.15, -0.1) is 4.68 Å². The molecule has 2 aromatic heterocycles. The van der Waals surface area contributed by atoms with Gasteiger partial charge in [-0.05, 0) is 18.6 Å². The highest BCUT2D eigenvalue weighted by atomic mass is 16.5. The molecule has 0 saturated heterocycles. The normalized spacial score (nSPS) is 11.6. The van der Waals surface area contributed by atoms with Gasteiger partial charge in [0.05, 0.1) is 12.3 Å². The van der Waals surface area contributed by atoms with Crippen LogP contribution in [0.5, 0.6) is 0 Å². The van der Waals surface area contributed by atoms with Crippen LogP contribution >= 0.6 is 0 Å². The zero-order valence-electron chi connectivity index (χ0n) is 10.2. The molecule has 0 radical (unpaired) electrons. The molecular weight excluding hydrogens is 202 g/mol. The summed E-state index contributed by atoms with van der Waals surface area (Å²) in [7, 11) is 0. The van der Waals surface area contributed by atoms with E-state index >= 15 is 0 Å². The molecule has 0 saturated carbocycles. The monoisotopic (exact) mass is 220 g/mol. The van der Waals surface area contributed by atoms with Gasteiger partial charge in [0.15, 0.2) is 5.76 Å². The van der Waals surface area contributed by atoms with Crippen molar-refractivity contribution in [2.75, 3.05) is 0 Å². The lowest BCUT2D eigenvalue weighted by Gasteiger charge is -2.00. The third-order valence-corrected chi connectivity index (χ3v) is 2.51. The molecule has 2 aromatic rings. The van der Waals surface area contributed by atoms with Crippen molar-refractivity contribution in [3.8, 4) is 5.82 Å². The maximum absolute atomic E-state index is 5.74. The number of hydrogen-bond donors (Lipinski definition) is 0. The predicted molar refractivity (Wildman–Crippen MR) is 60.5 cm³/mol. The van der Waals surface area contributed by atoms with Crippen molar-refractivity contribution in [3.63, 3.8) is 0 Å². The summed E-state index contributed by atoms with van der Waals surface area (Å²) < 4.78 is 9.44. The molecule has 2 heterocycles. The topological polar surface area (TPSA) is 34.8 Å². The second-order valence-electron chi connectivity index (χ2n) is 4.52. The van der Waals surface area contributed by atoms with E-state index in [1.54, 1.807) is 10.9 Å². The lowest BCUT2D eigenvalue weighted by molar-refractivity contribution is -0.789. The molecule has 0 aliphatic heterocycles. The van der Waals surface area contributed by atoms with E-state index in [0.717, 1.165) is 11.6 Å². The van der Waals surface area contributed by atoms with Crippen LogP contribution in [0.2, 0.25) is 0 Å². The largest absolute Gasteiger partial charge is 0.343 e. The lowest BCUT2D eigenvalue weighted by Crippen LogP contribution is -2.31. The zero-order valence-corrected chi connectivity index (χ0v) is 10.2. The summed E-state index contributed by atoms with van der Waals surface area (Å²) in [6, 6.07) is 4.28. The first-order valence-corrected chi connectivity index (χ1v) is 5.65. The van der Waals surface area contributed by atoms with Crippen molar-refractivity contribution in [1.82, 2.24) is 9.78 Å². The molecule has 4 heteroatoms. The second-order valence-corrected chi connectivity index (χ2v) is 4.52. The molecule has 0 spiro atoms. The Kier molecular flexibility index (Phi) is 2.81. The molecule has 0 unspecified atom stereocenters. The SMILES string of the molecule is CC(C)c1cc[n+](-c2ccnn2C(C)C)o1. The van der Waals surface area contributed by atoms with Crippen LogP contribution in [0.15, 0.2) is 29.0 Å². The van der Waals surface area contributed by atoms with E-state index in [4.69, 9.17) is 4.52 Å². The summed E-state index contributed by atoms with van der Waals surface area (Å²) in [6.07, 6.45) is 3.73. The van der Waals surface area contributed by atoms with Crippen LogP contribution < -0.4 is 4.74 Å². The smallest absolute Gasteiger partial charge is 0.300 e. The van der Waals surface area contributed by atoms with Crippen LogP contribution in [0.4, 0.5) is 0 Å². The predicted octanol–water partition coefficient (Wildman–Crippen LogP) is 2.46.